The molecule has 0 aliphatic carbocycles. The standard InChI is InChI=1S/C14H10BrFO4/c1-20-12-6-8(16)2-3-9(12)7-4-10(14(18)19)13(17)11(15)5-7/h2-6,17H,1H3,(H,18,19). The first kappa shape index (κ1) is 14.3. The molecular formula is C14H10BrFO4. The van der Waals surface area contributed by atoms with Crippen LogP contribution in [-0.2, 0) is 0 Å². The van der Waals surface area contributed by atoms with E-state index in [1.54, 1.807) is 0 Å². The summed E-state index contributed by atoms with van der Waals surface area (Å²) in [6, 6.07) is 6.78. The summed E-state index contributed by atoms with van der Waals surface area (Å²) in [5.74, 6) is -1.80. The van der Waals surface area contributed by atoms with Crippen LogP contribution in [0.25, 0.3) is 11.1 Å². The van der Waals surface area contributed by atoms with Gasteiger partial charge in [-0.25, -0.2) is 9.18 Å². The molecule has 0 fully saturated rings. The second-order valence-electron chi connectivity index (χ2n) is 4.00. The van der Waals surface area contributed by atoms with E-state index in [1.807, 2.05) is 0 Å². The number of hydrogen-bond acceptors (Lipinski definition) is 3. The molecule has 2 rings (SSSR count). The predicted octanol–water partition coefficient (Wildman–Crippen LogP) is 3.67. The number of phenols is 1. The minimum atomic E-state index is -1.26. The lowest BCUT2D eigenvalue weighted by Gasteiger charge is -2.11. The molecule has 2 aromatic rings. The van der Waals surface area contributed by atoms with Crippen LogP contribution in [0.15, 0.2) is 34.8 Å². The van der Waals surface area contributed by atoms with Crippen molar-refractivity contribution in [1.82, 2.24) is 0 Å². The average molecular weight is 341 g/mol. The molecule has 0 atom stereocenters. The topological polar surface area (TPSA) is 66.8 Å². The van der Waals surface area contributed by atoms with Gasteiger partial charge in [0.2, 0.25) is 0 Å². The first-order valence-electron chi connectivity index (χ1n) is 5.53. The number of ether oxygens (including phenoxy) is 1. The van der Waals surface area contributed by atoms with Gasteiger partial charge in [-0.05, 0) is 45.8 Å². The Hall–Kier alpha value is -2.08. The van der Waals surface area contributed by atoms with E-state index in [2.05, 4.69) is 15.9 Å². The Labute approximate surface area is 122 Å². The average Bonchev–Trinajstić information content (AvgIpc) is 2.41. The Morgan fingerprint density at radius 3 is 2.60 bits per heavy atom. The first-order valence-corrected chi connectivity index (χ1v) is 6.33. The third-order valence-electron chi connectivity index (χ3n) is 2.77. The van der Waals surface area contributed by atoms with Crippen molar-refractivity contribution < 1.29 is 24.1 Å². The van der Waals surface area contributed by atoms with Gasteiger partial charge in [0.25, 0.3) is 0 Å². The van der Waals surface area contributed by atoms with E-state index in [0.717, 1.165) is 0 Å². The summed E-state index contributed by atoms with van der Waals surface area (Å²) in [5, 5.41) is 18.8. The quantitative estimate of drug-likeness (QED) is 0.894. The minimum absolute atomic E-state index is 0.235. The molecule has 20 heavy (non-hydrogen) atoms. The fraction of sp³-hybridized carbons (Fsp3) is 0.0714. The van der Waals surface area contributed by atoms with Crippen LogP contribution in [0, 0.1) is 5.82 Å². The van der Waals surface area contributed by atoms with Gasteiger partial charge in [-0.2, -0.15) is 0 Å². The zero-order valence-corrected chi connectivity index (χ0v) is 11.9. The molecule has 0 aromatic heterocycles. The van der Waals surface area contributed by atoms with Crippen molar-refractivity contribution in [3.63, 3.8) is 0 Å². The maximum absolute atomic E-state index is 13.2. The Morgan fingerprint density at radius 2 is 2.00 bits per heavy atom. The second kappa shape index (κ2) is 5.50. The highest BCUT2D eigenvalue weighted by Crippen LogP contribution is 2.37. The molecule has 2 aromatic carbocycles. The number of carbonyl (C=O) groups is 1. The molecule has 2 N–H and O–H groups in total. The van der Waals surface area contributed by atoms with Gasteiger partial charge in [0, 0.05) is 11.6 Å². The van der Waals surface area contributed by atoms with E-state index >= 15 is 0 Å². The number of methoxy groups -OCH3 is 1. The Bertz CT molecular complexity index is 685. The third kappa shape index (κ3) is 2.60. The number of rotatable bonds is 3. The molecule has 6 heteroatoms. The van der Waals surface area contributed by atoms with Gasteiger partial charge < -0.3 is 14.9 Å². The Kier molecular flexibility index (Phi) is 3.94. The molecule has 4 nitrogen and oxygen atoms in total. The summed E-state index contributed by atoms with van der Waals surface area (Å²) in [4.78, 5) is 11.1. The van der Waals surface area contributed by atoms with Gasteiger partial charge in [-0.15, -0.1) is 0 Å². The van der Waals surface area contributed by atoms with Crippen molar-refractivity contribution in [3.05, 3.63) is 46.2 Å². The number of carboxylic acid groups (broad SMARTS) is 1. The lowest BCUT2D eigenvalue weighted by Crippen LogP contribution is -1.98. The second-order valence-corrected chi connectivity index (χ2v) is 4.86. The summed E-state index contributed by atoms with van der Waals surface area (Å²) in [7, 11) is 1.39. The van der Waals surface area contributed by atoms with E-state index in [9.17, 15) is 14.3 Å². The highest BCUT2D eigenvalue weighted by molar-refractivity contribution is 9.10. The number of hydrogen-bond donors (Lipinski definition) is 2. The molecule has 0 unspecified atom stereocenters. The molecule has 0 aliphatic heterocycles. The number of benzene rings is 2. The first-order chi connectivity index (χ1) is 9.43. The largest absolute Gasteiger partial charge is 0.506 e. The monoisotopic (exact) mass is 340 g/mol. The van der Waals surface area contributed by atoms with Crippen molar-refractivity contribution in [2.24, 2.45) is 0 Å². The molecular weight excluding hydrogens is 331 g/mol. The van der Waals surface area contributed by atoms with E-state index in [1.165, 1.54) is 37.4 Å². The number of halogens is 2. The molecule has 0 bridgehead atoms. The maximum atomic E-state index is 13.2. The van der Waals surface area contributed by atoms with Gasteiger partial charge in [0.1, 0.15) is 22.9 Å². The van der Waals surface area contributed by atoms with Crippen LogP contribution in [0.1, 0.15) is 10.4 Å². The minimum Gasteiger partial charge on any atom is -0.506 e. The van der Waals surface area contributed by atoms with E-state index in [0.29, 0.717) is 11.1 Å². The smallest absolute Gasteiger partial charge is 0.339 e. The van der Waals surface area contributed by atoms with Crippen LogP contribution in [0.2, 0.25) is 0 Å². The fourth-order valence-corrected chi connectivity index (χ4v) is 2.28. The molecule has 0 saturated heterocycles. The van der Waals surface area contributed by atoms with Gasteiger partial charge in [-0.3, -0.25) is 0 Å². The van der Waals surface area contributed by atoms with Gasteiger partial charge in [0.05, 0.1) is 11.6 Å². The fourth-order valence-electron chi connectivity index (χ4n) is 1.82. The molecule has 0 spiro atoms. The Balaban J connectivity index is 2.67. The summed E-state index contributed by atoms with van der Waals surface area (Å²) < 4.78 is 18.5. The zero-order chi connectivity index (χ0) is 14.9. The maximum Gasteiger partial charge on any atom is 0.339 e. The number of aromatic carboxylic acids is 1. The lowest BCUT2D eigenvalue weighted by atomic mass is 10.0. The van der Waals surface area contributed by atoms with Crippen LogP contribution in [-0.4, -0.2) is 23.3 Å². The summed E-state index contributed by atoms with van der Waals surface area (Å²) in [6.45, 7) is 0. The normalized spacial score (nSPS) is 10.3. The number of aromatic hydroxyl groups is 1. The molecule has 0 aliphatic rings. The summed E-state index contributed by atoms with van der Waals surface area (Å²) >= 11 is 3.10. The molecule has 104 valence electrons. The summed E-state index contributed by atoms with van der Waals surface area (Å²) in [5.41, 5.74) is 0.766. The molecule has 0 saturated carbocycles. The van der Waals surface area contributed by atoms with Crippen molar-refractivity contribution in [1.29, 1.82) is 0 Å². The lowest BCUT2D eigenvalue weighted by molar-refractivity contribution is 0.0693. The molecule has 0 radical (unpaired) electrons. The van der Waals surface area contributed by atoms with Crippen molar-refractivity contribution >= 4 is 21.9 Å². The van der Waals surface area contributed by atoms with Crippen molar-refractivity contribution in [2.45, 2.75) is 0 Å². The number of carboxylic acids is 1. The van der Waals surface area contributed by atoms with Crippen molar-refractivity contribution in [3.8, 4) is 22.6 Å². The predicted molar refractivity (Wildman–Crippen MR) is 74.7 cm³/mol. The summed E-state index contributed by atoms with van der Waals surface area (Å²) in [6.07, 6.45) is 0. The van der Waals surface area contributed by atoms with Gasteiger partial charge in [-0.1, -0.05) is 0 Å². The van der Waals surface area contributed by atoms with Crippen molar-refractivity contribution in [2.75, 3.05) is 7.11 Å². The Morgan fingerprint density at radius 1 is 1.30 bits per heavy atom. The molecule has 0 amide bonds. The van der Waals surface area contributed by atoms with E-state index < -0.39 is 11.8 Å². The highest BCUT2D eigenvalue weighted by Gasteiger charge is 2.17. The van der Waals surface area contributed by atoms with Crippen LogP contribution in [0.5, 0.6) is 11.5 Å². The van der Waals surface area contributed by atoms with E-state index in [4.69, 9.17) is 9.84 Å². The SMILES string of the molecule is COc1cc(F)ccc1-c1cc(Br)c(O)c(C(=O)O)c1. The van der Waals surface area contributed by atoms with Crippen LogP contribution < -0.4 is 4.74 Å². The van der Waals surface area contributed by atoms with Gasteiger partial charge in [0.15, 0.2) is 0 Å². The van der Waals surface area contributed by atoms with Crippen LogP contribution >= 0.6 is 15.9 Å². The van der Waals surface area contributed by atoms with Crippen LogP contribution in [0.3, 0.4) is 0 Å². The highest BCUT2D eigenvalue weighted by atomic mass is 79.9. The van der Waals surface area contributed by atoms with Crippen LogP contribution in [0.4, 0.5) is 4.39 Å². The molecule has 0 heterocycles. The van der Waals surface area contributed by atoms with Gasteiger partial charge >= 0.3 is 5.97 Å². The zero-order valence-electron chi connectivity index (χ0n) is 10.4. The third-order valence-corrected chi connectivity index (χ3v) is 3.37. The van der Waals surface area contributed by atoms with E-state index in [-0.39, 0.29) is 21.5 Å².